The van der Waals surface area contributed by atoms with Gasteiger partial charge in [0.25, 0.3) is 0 Å². The van der Waals surface area contributed by atoms with Gasteiger partial charge in [-0.3, -0.25) is 11.3 Å². The van der Waals surface area contributed by atoms with E-state index in [1.807, 2.05) is 17.8 Å². The molecule has 2 atom stereocenters. The molecule has 0 amide bonds. The molecule has 1 saturated heterocycles. The number of rotatable bonds is 4. The zero-order chi connectivity index (χ0) is 13.0. The van der Waals surface area contributed by atoms with Gasteiger partial charge in [-0.2, -0.15) is 11.8 Å². The van der Waals surface area contributed by atoms with Gasteiger partial charge in [0, 0.05) is 15.8 Å². The van der Waals surface area contributed by atoms with Gasteiger partial charge in [0.05, 0.1) is 0 Å². The van der Waals surface area contributed by atoms with E-state index in [4.69, 9.17) is 5.84 Å². The summed E-state index contributed by atoms with van der Waals surface area (Å²) in [5, 5.41) is 0.488. The molecule has 1 heterocycles. The van der Waals surface area contributed by atoms with Crippen LogP contribution in [-0.2, 0) is 6.42 Å². The summed E-state index contributed by atoms with van der Waals surface area (Å²) < 4.78 is 14.6. The van der Waals surface area contributed by atoms with Crippen molar-refractivity contribution in [2.75, 3.05) is 5.75 Å². The van der Waals surface area contributed by atoms with Gasteiger partial charge in [-0.05, 0) is 48.8 Å². The summed E-state index contributed by atoms with van der Waals surface area (Å²) in [7, 11) is 0. The lowest BCUT2D eigenvalue weighted by atomic mass is 9.99. The second-order valence-electron chi connectivity index (χ2n) is 4.62. The Bertz CT molecular complexity index is 397. The smallest absolute Gasteiger partial charge is 0.126 e. The van der Waals surface area contributed by atoms with Crippen molar-refractivity contribution >= 4 is 27.7 Å². The van der Waals surface area contributed by atoms with Gasteiger partial charge in [0.15, 0.2) is 0 Å². The van der Waals surface area contributed by atoms with Gasteiger partial charge in [-0.1, -0.05) is 22.4 Å². The fourth-order valence-electron chi connectivity index (χ4n) is 2.32. The molecule has 0 bridgehead atoms. The zero-order valence-corrected chi connectivity index (χ0v) is 12.6. The monoisotopic (exact) mass is 332 g/mol. The van der Waals surface area contributed by atoms with Crippen molar-refractivity contribution in [2.24, 2.45) is 5.84 Å². The van der Waals surface area contributed by atoms with E-state index in [1.165, 1.54) is 24.7 Å². The minimum Gasteiger partial charge on any atom is -0.271 e. The van der Waals surface area contributed by atoms with Crippen LogP contribution in [0.5, 0.6) is 0 Å². The Morgan fingerprint density at radius 2 is 2.33 bits per heavy atom. The van der Waals surface area contributed by atoms with Crippen molar-refractivity contribution in [3.63, 3.8) is 0 Å². The van der Waals surface area contributed by atoms with E-state index in [9.17, 15) is 4.39 Å². The molecule has 1 aliphatic rings. The average molecular weight is 333 g/mol. The van der Waals surface area contributed by atoms with Crippen LogP contribution in [0.25, 0.3) is 0 Å². The van der Waals surface area contributed by atoms with Crippen LogP contribution in [0.4, 0.5) is 4.39 Å². The molecule has 2 unspecified atom stereocenters. The van der Waals surface area contributed by atoms with E-state index in [0.717, 1.165) is 16.5 Å². The highest BCUT2D eigenvalue weighted by molar-refractivity contribution is 9.10. The van der Waals surface area contributed by atoms with Crippen LogP contribution in [-0.4, -0.2) is 17.0 Å². The van der Waals surface area contributed by atoms with Crippen LogP contribution in [0.1, 0.15) is 24.8 Å². The second-order valence-corrected chi connectivity index (χ2v) is 6.88. The van der Waals surface area contributed by atoms with E-state index in [-0.39, 0.29) is 11.9 Å². The molecule has 2 nitrogen and oxygen atoms in total. The number of hydrogen-bond acceptors (Lipinski definition) is 3. The number of benzene rings is 1. The largest absolute Gasteiger partial charge is 0.271 e. The third-order valence-corrected chi connectivity index (χ3v) is 5.34. The maximum atomic E-state index is 13.7. The van der Waals surface area contributed by atoms with Crippen molar-refractivity contribution in [3.8, 4) is 0 Å². The topological polar surface area (TPSA) is 38.0 Å². The second kappa shape index (κ2) is 6.89. The van der Waals surface area contributed by atoms with E-state index in [2.05, 4.69) is 21.4 Å². The molecule has 0 radical (unpaired) electrons. The lowest BCUT2D eigenvalue weighted by Gasteiger charge is -2.29. The van der Waals surface area contributed by atoms with Gasteiger partial charge in [0.1, 0.15) is 5.82 Å². The van der Waals surface area contributed by atoms with Crippen molar-refractivity contribution in [1.29, 1.82) is 0 Å². The van der Waals surface area contributed by atoms with Crippen LogP contribution in [0.3, 0.4) is 0 Å². The first-order valence-corrected chi connectivity index (χ1v) is 8.06. The minimum atomic E-state index is -0.153. The van der Waals surface area contributed by atoms with E-state index in [1.54, 1.807) is 6.07 Å². The quantitative estimate of drug-likeness (QED) is 0.656. The third-order valence-electron chi connectivity index (χ3n) is 3.33. The third kappa shape index (κ3) is 3.70. The standard InChI is InChI=1S/C13H18BrFN2S/c14-10-4-5-11(15)9(7-10)8-12(17-16)13-3-1-2-6-18-13/h4-5,7,12-13,17H,1-3,6,8,16H2. The van der Waals surface area contributed by atoms with E-state index in [0.29, 0.717) is 11.7 Å². The van der Waals surface area contributed by atoms with Gasteiger partial charge in [-0.25, -0.2) is 4.39 Å². The van der Waals surface area contributed by atoms with Crippen LogP contribution in [0.15, 0.2) is 22.7 Å². The Balaban J connectivity index is 2.06. The molecule has 0 spiro atoms. The average Bonchev–Trinajstić information content (AvgIpc) is 2.41. The summed E-state index contributed by atoms with van der Waals surface area (Å²) in [6, 6.07) is 5.20. The van der Waals surface area contributed by atoms with Crippen LogP contribution in [0.2, 0.25) is 0 Å². The van der Waals surface area contributed by atoms with Crippen LogP contribution in [0, 0.1) is 5.82 Å². The molecule has 1 fully saturated rings. The van der Waals surface area contributed by atoms with Crippen molar-refractivity contribution < 1.29 is 4.39 Å². The molecule has 2 rings (SSSR count). The molecule has 5 heteroatoms. The molecule has 0 aromatic heterocycles. The van der Waals surface area contributed by atoms with Crippen molar-refractivity contribution in [3.05, 3.63) is 34.1 Å². The number of nitrogens with two attached hydrogens (primary N) is 1. The highest BCUT2D eigenvalue weighted by Crippen LogP contribution is 2.29. The van der Waals surface area contributed by atoms with Crippen molar-refractivity contribution in [1.82, 2.24) is 5.43 Å². The molecule has 0 aliphatic carbocycles. The summed E-state index contributed by atoms with van der Waals surface area (Å²) in [5.41, 5.74) is 3.58. The van der Waals surface area contributed by atoms with E-state index < -0.39 is 0 Å². The number of halogens is 2. The fraction of sp³-hybridized carbons (Fsp3) is 0.538. The first-order chi connectivity index (χ1) is 8.70. The van der Waals surface area contributed by atoms with Crippen LogP contribution < -0.4 is 11.3 Å². The molecular formula is C13H18BrFN2S. The summed E-state index contributed by atoms with van der Waals surface area (Å²) in [4.78, 5) is 0. The molecule has 0 saturated carbocycles. The zero-order valence-electron chi connectivity index (χ0n) is 10.2. The van der Waals surface area contributed by atoms with E-state index >= 15 is 0 Å². The van der Waals surface area contributed by atoms with Gasteiger partial charge in [0.2, 0.25) is 0 Å². The highest BCUT2D eigenvalue weighted by Gasteiger charge is 2.24. The summed E-state index contributed by atoms with van der Waals surface area (Å²) in [5.74, 6) is 6.67. The first-order valence-electron chi connectivity index (χ1n) is 6.22. The Labute approximate surface area is 120 Å². The number of hydrazine groups is 1. The Hall–Kier alpha value is -0.100. The lowest BCUT2D eigenvalue weighted by molar-refractivity contribution is 0.463. The van der Waals surface area contributed by atoms with Gasteiger partial charge in [-0.15, -0.1) is 0 Å². The lowest BCUT2D eigenvalue weighted by Crippen LogP contribution is -2.45. The normalized spacial score (nSPS) is 21.8. The highest BCUT2D eigenvalue weighted by atomic mass is 79.9. The number of thioether (sulfide) groups is 1. The number of nitrogens with one attached hydrogen (secondary N) is 1. The maximum absolute atomic E-state index is 13.7. The Kier molecular flexibility index (Phi) is 5.48. The maximum Gasteiger partial charge on any atom is 0.126 e. The predicted molar refractivity (Wildman–Crippen MR) is 79.0 cm³/mol. The van der Waals surface area contributed by atoms with Crippen LogP contribution >= 0.6 is 27.7 Å². The molecule has 100 valence electrons. The van der Waals surface area contributed by atoms with Gasteiger partial charge >= 0.3 is 0 Å². The molecule has 1 aromatic rings. The Morgan fingerprint density at radius 3 is 3.00 bits per heavy atom. The summed E-state index contributed by atoms with van der Waals surface area (Å²) >= 11 is 5.33. The molecular weight excluding hydrogens is 315 g/mol. The minimum absolute atomic E-state index is 0.138. The molecule has 1 aromatic carbocycles. The predicted octanol–water partition coefficient (Wildman–Crippen LogP) is 3.25. The van der Waals surface area contributed by atoms with Gasteiger partial charge < -0.3 is 0 Å². The first kappa shape index (κ1) is 14.3. The summed E-state index contributed by atoms with van der Waals surface area (Å²) in [6.45, 7) is 0. The SMILES string of the molecule is NNC(Cc1cc(Br)ccc1F)C1CCCCS1. The molecule has 1 aliphatic heterocycles. The molecule has 3 N–H and O–H groups in total. The molecule has 18 heavy (non-hydrogen) atoms. The number of hydrogen-bond donors (Lipinski definition) is 2. The summed E-state index contributed by atoms with van der Waals surface area (Å²) in [6.07, 6.45) is 4.33. The fourth-order valence-corrected chi connectivity index (χ4v) is 4.14. The Morgan fingerprint density at radius 1 is 1.50 bits per heavy atom. The van der Waals surface area contributed by atoms with Crippen molar-refractivity contribution in [2.45, 2.75) is 37.0 Å².